The second-order valence-corrected chi connectivity index (χ2v) is 8.03. The maximum absolute atomic E-state index is 14.5. The molecular weight excluding hydrogens is 405 g/mol. The van der Waals surface area contributed by atoms with E-state index in [0.717, 1.165) is 24.2 Å². The molecule has 2 aromatic carbocycles. The Balaban J connectivity index is 1.32. The Kier molecular flexibility index (Phi) is 7.46. The molecule has 0 bridgehead atoms. The van der Waals surface area contributed by atoms with Gasteiger partial charge in [0, 0.05) is 56.1 Å². The molecule has 0 saturated carbocycles. The number of para-hydroxylation sites is 1. The van der Waals surface area contributed by atoms with E-state index in [0.29, 0.717) is 38.2 Å². The molecule has 0 radical (unpaired) electrons. The van der Waals surface area contributed by atoms with E-state index in [-0.39, 0.29) is 11.7 Å². The van der Waals surface area contributed by atoms with Gasteiger partial charge in [0.2, 0.25) is 5.91 Å². The largest absolute Gasteiger partial charge is 0.484 e. The Hall–Kier alpha value is -3.25. The summed E-state index contributed by atoms with van der Waals surface area (Å²) in [6, 6.07) is 18.5. The summed E-state index contributed by atoms with van der Waals surface area (Å²) in [6.07, 6.45) is 5.32. The number of carbonyl (C=O) groups is 1. The van der Waals surface area contributed by atoms with E-state index in [2.05, 4.69) is 15.2 Å². The van der Waals surface area contributed by atoms with Gasteiger partial charge in [-0.15, -0.1) is 0 Å². The molecule has 0 spiro atoms. The summed E-state index contributed by atoms with van der Waals surface area (Å²) >= 11 is 0. The van der Waals surface area contributed by atoms with Crippen LogP contribution in [0.4, 0.5) is 4.39 Å². The van der Waals surface area contributed by atoms with Gasteiger partial charge in [-0.2, -0.15) is 0 Å². The van der Waals surface area contributed by atoms with Gasteiger partial charge in [-0.25, -0.2) is 4.39 Å². The minimum absolute atomic E-state index is 0.0284. The first-order chi connectivity index (χ1) is 15.7. The number of aromatic nitrogens is 1. The molecule has 32 heavy (non-hydrogen) atoms. The number of nitrogens with one attached hydrogen (secondary N) is 1. The van der Waals surface area contributed by atoms with Gasteiger partial charge >= 0.3 is 0 Å². The molecule has 5 nitrogen and oxygen atoms in total. The summed E-state index contributed by atoms with van der Waals surface area (Å²) in [5.41, 5.74) is 2.80. The van der Waals surface area contributed by atoms with Crippen LogP contribution in [-0.4, -0.2) is 35.4 Å². The second kappa shape index (κ2) is 10.9. The second-order valence-electron chi connectivity index (χ2n) is 8.03. The van der Waals surface area contributed by atoms with E-state index in [1.54, 1.807) is 24.5 Å². The average molecular weight is 434 g/mol. The number of nitrogens with zero attached hydrogens (tertiary/aromatic N) is 2. The number of pyridine rings is 1. The summed E-state index contributed by atoms with van der Waals surface area (Å²) < 4.78 is 20.6. The molecule has 1 N–H and O–H groups in total. The summed E-state index contributed by atoms with van der Waals surface area (Å²) in [4.78, 5) is 18.6. The number of fused-ring (bicyclic) bond motifs is 1. The van der Waals surface area contributed by atoms with Crippen LogP contribution in [0.2, 0.25) is 0 Å². The molecule has 0 fully saturated rings. The van der Waals surface area contributed by atoms with Gasteiger partial charge < -0.3 is 10.1 Å². The number of halogens is 1. The molecule has 0 aliphatic carbocycles. The number of ether oxygens (including phenoxy) is 1. The van der Waals surface area contributed by atoms with Crippen molar-refractivity contribution in [3.05, 3.63) is 95.6 Å². The van der Waals surface area contributed by atoms with Crippen LogP contribution < -0.4 is 10.1 Å². The lowest BCUT2D eigenvalue weighted by Crippen LogP contribution is -2.33. The standard InChI is InChI=1S/C26H28FN3O2/c27-23-9-3-2-8-22(23)25-19-30(18-21-7-1-4-10-24(21)32-25)17-13-26(31)29-14-5-6-20-11-15-28-16-12-20/h1-4,7-12,15-16,25H,5-6,13-14,17-19H2,(H,29,31)/t25-/m1/s1. The molecule has 4 rings (SSSR count). The lowest BCUT2D eigenvalue weighted by Gasteiger charge is -2.24. The Labute approximate surface area is 188 Å². The van der Waals surface area contributed by atoms with Gasteiger partial charge in [0.25, 0.3) is 0 Å². The number of hydrogen-bond acceptors (Lipinski definition) is 4. The Morgan fingerprint density at radius 3 is 2.72 bits per heavy atom. The zero-order chi connectivity index (χ0) is 22.2. The highest BCUT2D eigenvalue weighted by atomic mass is 19.1. The van der Waals surface area contributed by atoms with Crippen molar-refractivity contribution in [2.45, 2.75) is 31.9 Å². The highest BCUT2D eigenvalue weighted by Gasteiger charge is 2.26. The number of benzene rings is 2. The van der Waals surface area contributed by atoms with Crippen LogP contribution in [-0.2, 0) is 17.8 Å². The first-order valence-electron chi connectivity index (χ1n) is 11.1. The summed E-state index contributed by atoms with van der Waals surface area (Å²) in [7, 11) is 0. The molecule has 2 heterocycles. The van der Waals surface area contributed by atoms with Crippen molar-refractivity contribution in [2.24, 2.45) is 0 Å². The maximum atomic E-state index is 14.5. The predicted octanol–water partition coefficient (Wildman–Crippen LogP) is 4.30. The van der Waals surface area contributed by atoms with E-state index in [1.807, 2.05) is 42.5 Å². The van der Waals surface area contributed by atoms with Crippen LogP contribution >= 0.6 is 0 Å². The zero-order valence-electron chi connectivity index (χ0n) is 18.0. The monoisotopic (exact) mass is 433 g/mol. The van der Waals surface area contributed by atoms with E-state index < -0.39 is 6.10 Å². The van der Waals surface area contributed by atoms with Crippen molar-refractivity contribution in [1.82, 2.24) is 15.2 Å². The fraction of sp³-hybridized carbons (Fsp3) is 0.308. The maximum Gasteiger partial charge on any atom is 0.221 e. The molecule has 1 aliphatic rings. The number of aryl methyl sites for hydroxylation is 1. The topological polar surface area (TPSA) is 54.5 Å². The fourth-order valence-corrected chi connectivity index (χ4v) is 3.97. The third-order valence-electron chi connectivity index (χ3n) is 5.68. The van der Waals surface area contributed by atoms with Crippen molar-refractivity contribution in [1.29, 1.82) is 0 Å². The smallest absolute Gasteiger partial charge is 0.221 e. The Bertz CT molecular complexity index is 1030. The quantitative estimate of drug-likeness (QED) is 0.539. The number of rotatable bonds is 8. The van der Waals surface area contributed by atoms with Crippen molar-refractivity contribution < 1.29 is 13.9 Å². The SMILES string of the molecule is O=C(CCN1Cc2ccccc2O[C@@H](c2ccccc2F)C1)NCCCc1ccncc1. The summed E-state index contributed by atoms with van der Waals surface area (Å²) in [5, 5.41) is 3.01. The van der Waals surface area contributed by atoms with Crippen LogP contribution in [0.3, 0.4) is 0 Å². The molecule has 1 atom stereocenters. The molecule has 0 saturated heterocycles. The van der Waals surface area contributed by atoms with Gasteiger partial charge in [0.05, 0.1) is 0 Å². The van der Waals surface area contributed by atoms with Crippen LogP contribution in [0, 0.1) is 5.82 Å². The first-order valence-corrected chi connectivity index (χ1v) is 11.1. The number of carbonyl (C=O) groups excluding carboxylic acids is 1. The van der Waals surface area contributed by atoms with Gasteiger partial charge in [0.1, 0.15) is 17.7 Å². The van der Waals surface area contributed by atoms with Crippen LogP contribution in [0.1, 0.15) is 35.6 Å². The van der Waals surface area contributed by atoms with Gasteiger partial charge in [0.15, 0.2) is 0 Å². The molecule has 166 valence electrons. The van der Waals surface area contributed by atoms with Crippen LogP contribution in [0.5, 0.6) is 5.75 Å². The van der Waals surface area contributed by atoms with E-state index >= 15 is 0 Å². The van der Waals surface area contributed by atoms with Gasteiger partial charge in [-0.1, -0.05) is 36.4 Å². The molecule has 0 unspecified atom stereocenters. The Morgan fingerprint density at radius 1 is 1.09 bits per heavy atom. The van der Waals surface area contributed by atoms with E-state index in [1.165, 1.54) is 11.6 Å². The molecule has 1 aliphatic heterocycles. The third kappa shape index (κ3) is 5.92. The fourth-order valence-electron chi connectivity index (χ4n) is 3.97. The highest BCUT2D eigenvalue weighted by Crippen LogP contribution is 2.32. The molecular formula is C26H28FN3O2. The molecule has 1 aromatic heterocycles. The lowest BCUT2D eigenvalue weighted by molar-refractivity contribution is -0.121. The normalized spacial score (nSPS) is 16.0. The van der Waals surface area contributed by atoms with Crippen molar-refractivity contribution in [3.8, 4) is 5.75 Å². The molecule has 3 aromatic rings. The summed E-state index contributed by atoms with van der Waals surface area (Å²) in [5.74, 6) is 0.521. The number of amides is 1. The van der Waals surface area contributed by atoms with E-state index in [4.69, 9.17) is 4.74 Å². The predicted molar refractivity (Wildman–Crippen MR) is 122 cm³/mol. The van der Waals surface area contributed by atoms with Crippen LogP contribution in [0.25, 0.3) is 0 Å². The highest BCUT2D eigenvalue weighted by molar-refractivity contribution is 5.76. The number of hydrogen-bond donors (Lipinski definition) is 1. The molecule has 6 heteroatoms. The van der Waals surface area contributed by atoms with Gasteiger partial charge in [-0.3, -0.25) is 14.7 Å². The third-order valence-corrected chi connectivity index (χ3v) is 5.68. The first kappa shape index (κ1) is 22.0. The van der Waals surface area contributed by atoms with Crippen molar-refractivity contribution >= 4 is 5.91 Å². The van der Waals surface area contributed by atoms with Gasteiger partial charge in [-0.05, 0) is 42.7 Å². The Morgan fingerprint density at radius 2 is 1.88 bits per heavy atom. The zero-order valence-corrected chi connectivity index (χ0v) is 18.0. The minimum Gasteiger partial charge on any atom is -0.484 e. The lowest BCUT2D eigenvalue weighted by atomic mass is 10.1. The minimum atomic E-state index is -0.428. The van der Waals surface area contributed by atoms with Crippen LogP contribution in [0.15, 0.2) is 73.1 Å². The van der Waals surface area contributed by atoms with Crippen molar-refractivity contribution in [3.63, 3.8) is 0 Å². The summed E-state index contributed by atoms with van der Waals surface area (Å²) in [6.45, 7) is 2.41. The van der Waals surface area contributed by atoms with E-state index in [9.17, 15) is 9.18 Å². The average Bonchev–Trinajstić information content (AvgIpc) is 3.01. The van der Waals surface area contributed by atoms with Crippen molar-refractivity contribution in [2.75, 3.05) is 19.6 Å². The molecule has 1 amide bonds.